The Morgan fingerprint density at radius 3 is 2.24 bits per heavy atom. The van der Waals surface area contributed by atoms with Gasteiger partial charge in [-0.1, -0.05) is 0 Å². The number of benzene rings is 1. The second kappa shape index (κ2) is 10.2. The number of nitrogens with zero attached hydrogens (tertiary/aromatic N) is 3. The maximum atomic E-state index is 13.1. The van der Waals surface area contributed by atoms with Gasteiger partial charge in [-0.15, -0.1) is 0 Å². The summed E-state index contributed by atoms with van der Waals surface area (Å²) in [7, 11) is -0.855. The molecule has 11 heteroatoms. The highest BCUT2D eigenvalue weighted by Gasteiger charge is 2.31. The molecule has 10 nitrogen and oxygen atoms in total. The first-order valence-electron chi connectivity index (χ1n) is 10.4. The Morgan fingerprint density at radius 2 is 1.67 bits per heavy atom. The van der Waals surface area contributed by atoms with Gasteiger partial charge in [0.05, 0.1) is 37.0 Å². The summed E-state index contributed by atoms with van der Waals surface area (Å²) in [6.07, 6.45) is 0. The van der Waals surface area contributed by atoms with Crippen LogP contribution in [0.5, 0.6) is 11.5 Å². The van der Waals surface area contributed by atoms with Gasteiger partial charge in [-0.05, 0) is 38.1 Å². The van der Waals surface area contributed by atoms with Crippen LogP contribution < -0.4 is 9.47 Å². The number of methoxy groups -OCH3 is 2. The summed E-state index contributed by atoms with van der Waals surface area (Å²) in [4.78, 5) is 30.7. The summed E-state index contributed by atoms with van der Waals surface area (Å²) in [5, 5.41) is 0. The first-order chi connectivity index (χ1) is 15.7. The normalized spacial score (nSPS) is 14.6. The third-order valence-corrected chi connectivity index (χ3v) is 7.21. The number of pyridine rings is 1. The van der Waals surface area contributed by atoms with E-state index in [-0.39, 0.29) is 49.3 Å². The fourth-order valence-electron chi connectivity index (χ4n) is 3.52. The van der Waals surface area contributed by atoms with Crippen LogP contribution in [-0.2, 0) is 14.8 Å². The number of sulfonamides is 1. The summed E-state index contributed by atoms with van der Waals surface area (Å²) in [6.45, 7) is 4.30. The summed E-state index contributed by atoms with van der Waals surface area (Å²) >= 11 is 0. The van der Waals surface area contributed by atoms with Crippen LogP contribution >= 0.6 is 0 Å². The minimum absolute atomic E-state index is 0.0896. The molecule has 178 valence electrons. The molecule has 0 radical (unpaired) electrons. The van der Waals surface area contributed by atoms with Gasteiger partial charge in [0.25, 0.3) is 5.91 Å². The molecule has 1 aromatic carbocycles. The van der Waals surface area contributed by atoms with Crippen molar-refractivity contribution in [3.8, 4) is 11.5 Å². The highest BCUT2D eigenvalue weighted by Crippen LogP contribution is 2.31. The lowest BCUT2D eigenvalue weighted by Gasteiger charge is -2.34. The smallest absolute Gasteiger partial charge is 0.339 e. The molecule has 0 spiro atoms. The van der Waals surface area contributed by atoms with Crippen LogP contribution in [0.25, 0.3) is 0 Å². The standard InChI is InChI=1S/C22H27N3O7S/c1-5-32-22(27)17-7-8-18(23-15(17)2)21(26)24-10-12-25(13-11-24)33(28,29)16-6-9-19(30-3)20(14-16)31-4/h6-9,14H,5,10-13H2,1-4H3. The van der Waals surface area contributed by atoms with Crippen molar-refractivity contribution in [3.63, 3.8) is 0 Å². The van der Waals surface area contributed by atoms with Crippen LogP contribution in [0.2, 0.25) is 0 Å². The first kappa shape index (κ1) is 24.5. The molecule has 1 amide bonds. The number of aryl methyl sites for hydroxylation is 1. The Hall–Kier alpha value is -3.18. The van der Waals surface area contributed by atoms with Gasteiger partial charge in [-0.2, -0.15) is 4.31 Å². The topological polar surface area (TPSA) is 115 Å². The van der Waals surface area contributed by atoms with Crippen molar-refractivity contribution in [1.82, 2.24) is 14.2 Å². The Kier molecular flexibility index (Phi) is 7.54. The summed E-state index contributed by atoms with van der Waals surface area (Å²) in [6, 6.07) is 7.43. The predicted octanol–water partition coefficient (Wildman–Crippen LogP) is 1.73. The lowest BCUT2D eigenvalue weighted by Crippen LogP contribution is -2.50. The number of esters is 1. The molecule has 0 bridgehead atoms. The zero-order chi connectivity index (χ0) is 24.2. The number of aromatic nitrogens is 1. The van der Waals surface area contributed by atoms with Gasteiger partial charge >= 0.3 is 5.97 Å². The summed E-state index contributed by atoms with van der Waals surface area (Å²) < 4.78 is 42.8. The van der Waals surface area contributed by atoms with E-state index < -0.39 is 16.0 Å². The van der Waals surface area contributed by atoms with Gasteiger partial charge in [-0.3, -0.25) is 4.79 Å². The van der Waals surface area contributed by atoms with Gasteiger partial charge in [0, 0.05) is 32.2 Å². The molecule has 2 aromatic rings. The number of amides is 1. The zero-order valence-electron chi connectivity index (χ0n) is 19.0. The molecular weight excluding hydrogens is 450 g/mol. The van der Waals surface area contributed by atoms with Crippen LogP contribution in [0.1, 0.15) is 33.5 Å². The number of hydrogen-bond donors (Lipinski definition) is 0. The molecule has 1 aliphatic rings. The highest BCUT2D eigenvalue weighted by molar-refractivity contribution is 7.89. The lowest BCUT2D eigenvalue weighted by molar-refractivity contribution is 0.0523. The molecule has 1 aromatic heterocycles. The second-order valence-electron chi connectivity index (χ2n) is 7.26. The third-order valence-electron chi connectivity index (χ3n) is 5.32. The molecule has 2 heterocycles. The second-order valence-corrected chi connectivity index (χ2v) is 9.20. The minimum Gasteiger partial charge on any atom is -0.493 e. The average molecular weight is 478 g/mol. The van der Waals surface area contributed by atoms with Crippen LogP contribution in [0.3, 0.4) is 0 Å². The number of ether oxygens (including phenoxy) is 3. The highest BCUT2D eigenvalue weighted by atomic mass is 32.2. The maximum Gasteiger partial charge on any atom is 0.339 e. The van der Waals surface area contributed by atoms with Gasteiger partial charge in [0.1, 0.15) is 5.69 Å². The molecule has 0 saturated carbocycles. The number of piperazine rings is 1. The molecular formula is C22H27N3O7S. The van der Waals surface area contributed by atoms with Gasteiger partial charge in [0.15, 0.2) is 11.5 Å². The Morgan fingerprint density at radius 1 is 1.00 bits per heavy atom. The number of carbonyl (C=O) groups excluding carboxylic acids is 2. The van der Waals surface area contributed by atoms with E-state index in [4.69, 9.17) is 14.2 Å². The van der Waals surface area contributed by atoms with Crippen molar-refractivity contribution >= 4 is 21.9 Å². The molecule has 1 saturated heterocycles. The Balaban J connectivity index is 1.70. The molecule has 0 N–H and O–H groups in total. The molecule has 0 unspecified atom stereocenters. The van der Waals surface area contributed by atoms with E-state index >= 15 is 0 Å². The summed E-state index contributed by atoms with van der Waals surface area (Å²) in [5.41, 5.74) is 0.893. The first-order valence-corrected chi connectivity index (χ1v) is 11.8. The molecule has 0 atom stereocenters. The molecule has 3 rings (SSSR count). The van der Waals surface area contributed by atoms with Gasteiger partial charge < -0.3 is 19.1 Å². The van der Waals surface area contributed by atoms with Crippen molar-refractivity contribution in [2.75, 3.05) is 47.0 Å². The van der Waals surface area contributed by atoms with E-state index in [1.165, 1.54) is 42.8 Å². The minimum atomic E-state index is -3.77. The van der Waals surface area contributed by atoms with Crippen molar-refractivity contribution in [1.29, 1.82) is 0 Å². The zero-order valence-corrected chi connectivity index (χ0v) is 19.8. The van der Waals surface area contributed by atoms with E-state index in [1.54, 1.807) is 24.8 Å². The molecule has 33 heavy (non-hydrogen) atoms. The van der Waals surface area contributed by atoms with Crippen LogP contribution in [0.4, 0.5) is 0 Å². The maximum absolute atomic E-state index is 13.1. The Labute approximate surface area is 193 Å². The van der Waals surface area contributed by atoms with Crippen molar-refractivity contribution < 1.29 is 32.2 Å². The molecule has 1 aliphatic heterocycles. The SMILES string of the molecule is CCOC(=O)c1ccc(C(=O)N2CCN(S(=O)(=O)c3ccc(OC)c(OC)c3)CC2)nc1C. The Bertz CT molecular complexity index is 1140. The molecule has 1 fully saturated rings. The van der Waals surface area contributed by atoms with Crippen molar-refractivity contribution in [2.45, 2.75) is 18.7 Å². The number of rotatable bonds is 7. The summed E-state index contributed by atoms with van der Waals surface area (Å²) in [5.74, 6) is -0.0594. The van der Waals surface area contributed by atoms with E-state index in [0.29, 0.717) is 22.8 Å². The van der Waals surface area contributed by atoms with E-state index in [9.17, 15) is 18.0 Å². The number of carbonyl (C=O) groups is 2. The van der Waals surface area contributed by atoms with Gasteiger partial charge in [-0.25, -0.2) is 18.2 Å². The third kappa shape index (κ3) is 5.09. The van der Waals surface area contributed by atoms with Crippen molar-refractivity contribution in [3.05, 3.63) is 47.3 Å². The fourth-order valence-corrected chi connectivity index (χ4v) is 4.96. The van der Waals surface area contributed by atoms with Crippen LogP contribution in [-0.4, -0.2) is 81.5 Å². The fraction of sp³-hybridized carbons (Fsp3) is 0.409. The van der Waals surface area contributed by atoms with Crippen LogP contribution in [0.15, 0.2) is 35.2 Å². The van der Waals surface area contributed by atoms with Crippen LogP contribution in [0, 0.1) is 6.92 Å². The van der Waals surface area contributed by atoms with E-state index in [1.807, 2.05) is 0 Å². The molecule has 0 aliphatic carbocycles. The van der Waals surface area contributed by atoms with E-state index in [0.717, 1.165) is 0 Å². The predicted molar refractivity (Wildman–Crippen MR) is 119 cm³/mol. The quantitative estimate of drug-likeness (QED) is 0.554. The monoisotopic (exact) mass is 477 g/mol. The largest absolute Gasteiger partial charge is 0.493 e. The number of hydrogen-bond acceptors (Lipinski definition) is 8. The average Bonchev–Trinajstić information content (AvgIpc) is 2.83. The lowest BCUT2D eigenvalue weighted by atomic mass is 10.1. The van der Waals surface area contributed by atoms with Gasteiger partial charge in [0.2, 0.25) is 10.0 Å². The van der Waals surface area contributed by atoms with E-state index in [2.05, 4.69) is 4.98 Å². The van der Waals surface area contributed by atoms with Crippen molar-refractivity contribution in [2.24, 2.45) is 0 Å².